The van der Waals surface area contributed by atoms with Crippen LogP contribution in [0.2, 0.25) is 0 Å². The molecule has 1 aliphatic rings. The van der Waals surface area contributed by atoms with E-state index < -0.39 is 0 Å². The summed E-state index contributed by atoms with van der Waals surface area (Å²) in [5.74, 6) is 0.459. The molecule has 0 radical (unpaired) electrons. The Morgan fingerprint density at radius 2 is 2.13 bits per heavy atom. The highest BCUT2D eigenvalue weighted by molar-refractivity contribution is 5.93. The molecule has 1 saturated heterocycles. The minimum absolute atomic E-state index is 0.0808. The third kappa shape index (κ3) is 4.32. The summed E-state index contributed by atoms with van der Waals surface area (Å²) in [5, 5.41) is 9.20. The Morgan fingerprint density at radius 1 is 1.39 bits per heavy atom. The number of nitrogens with zero attached hydrogens (tertiary/aromatic N) is 3. The number of benzene rings is 1. The van der Waals surface area contributed by atoms with Crippen LogP contribution < -0.4 is 4.90 Å². The van der Waals surface area contributed by atoms with Gasteiger partial charge in [-0.15, -0.1) is 0 Å². The number of piperidine rings is 1. The average molecular weight is 313 g/mol. The fourth-order valence-corrected chi connectivity index (χ4v) is 3.03. The Balaban J connectivity index is 2.04. The van der Waals surface area contributed by atoms with Gasteiger partial charge >= 0.3 is 0 Å². The van der Waals surface area contributed by atoms with E-state index in [9.17, 15) is 14.9 Å². The number of rotatable bonds is 4. The highest BCUT2D eigenvalue weighted by Crippen LogP contribution is 2.21. The molecule has 0 aliphatic carbocycles. The van der Waals surface area contributed by atoms with Gasteiger partial charge in [-0.3, -0.25) is 9.59 Å². The molecule has 1 unspecified atom stereocenters. The first-order valence-electron chi connectivity index (χ1n) is 8.08. The smallest absolute Gasteiger partial charge is 0.224 e. The second-order valence-corrected chi connectivity index (χ2v) is 6.14. The quantitative estimate of drug-likeness (QED) is 0.858. The third-order valence-corrected chi connectivity index (χ3v) is 4.25. The molecule has 5 heteroatoms. The minimum Gasteiger partial charge on any atom is -0.342 e. The molecule has 1 atom stereocenters. The lowest BCUT2D eigenvalue weighted by atomic mass is 10.00. The maximum Gasteiger partial charge on any atom is 0.224 e. The van der Waals surface area contributed by atoms with Crippen molar-refractivity contribution in [3.8, 4) is 6.07 Å². The Bertz CT molecular complexity index is 621. The first-order chi connectivity index (χ1) is 11.0. The van der Waals surface area contributed by atoms with Gasteiger partial charge in [0.1, 0.15) is 6.07 Å². The molecular formula is C18H23N3O2. The summed E-state index contributed by atoms with van der Waals surface area (Å²) in [6, 6.07) is 9.08. The van der Waals surface area contributed by atoms with E-state index in [4.69, 9.17) is 0 Å². The number of anilines is 1. The van der Waals surface area contributed by atoms with E-state index in [-0.39, 0.29) is 18.2 Å². The number of carbonyl (C=O) groups is 2. The number of nitriles is 1. The summed E-state index contributed by atoms with van der Waals surface area (Å²) in [4.78, 5) is 27.7. The lowest BCUT2D eigenvalue weighted by Crippen LogP contribution is -2.41. The van der Waals surface area contributed by atoms with Gasteiger partial charge in [-0.1, -0.05) is 19.1 Å². The number of hydrogen-bond donors (Lipinski definition) is 0. The van der Waals surface area contributed by atoms with E-state index in [0.29, 0.717) is 23.7 Å². The largest absolute Gasteiger partial charge is 0.342 e. The lowest BCUT2D eigenvalue weighted by molar-refractivity contribution is -0.132. The molecule has 0 aromatic heterocycles. The van der Waals surface area contributed by atoms with E-state index in [2.05, 4.69) is 13.0 Å². The van der Waals surface area contributed by atoms with E-state index >= 15 is 0 Å². The van der Waals surface area contributed by atoms with Crippen molar-refractivity contribution < 1.29 is 9.59 Å². The predicted octanol–water partition coefficient (Wildman–Crippen LogP) is 2.56. The topological polar surface area (TPSA) is 64.4 Å². The van der Waals surface area contributed by atoms with Crippen molar-refractivity contribution in [2.45, 2.75) is 33.1 Å². The van der Waals surface area contributed by atoms with E-state index in [0.717, 1.165) is 19.5 Å². The van der Waals surface area contributed by atoms with Crippen LogP contribution in [-0.2, 0) is 9.59 Å². The van der Waals surface area contributed by atoms with E-state index in [1.54, 1.807) is 24.3 Å². The number of carbonyl (C=O) groups excluding carboxylic acids is 2. The lowest BCUT2D eigenvalue weighted by Gasteiger charge is -2.31. The van der Waals surface area contributed by atoms with Crippen molar-refractivity contribution in [1.82, 2.24) is 4.90 Å². The highest BCUT2D eigenvalue weighted by Gasteiger charge is 2.22. The van der Waals surface area contributed by atoms with Crippen molar-refractivity contribution in [3.05, 3.63) is 29.8 Å². The van der Waals surface area contributed by atoms with Gasteiger partial charge in [-0.25, -0.2) is 0 Å². The number of para-hydroxylation sites is 1. The van der Waals surface area contributed by atoms with Crippen LogP contribution in [-0.4, -0.2) is 36.3 Å². The van der Waals surface area contributed by atoms with E-state index in [1.165, 1.54) is 18.2 Å². The molecule has 2 amide bonds. The zero-order valence-electron chi connectivity index (χ0n) is 13.8. The summed E-state index contributed by atoms with van der Waals surface area (Å²) in [5.41, 5.74) is 1.02. The normalized spacial score (nSPS) is 17.4. The van der Waals surface area contributed by atoms with Gasteiger partial charge in [-0.05, 0) is 30.9 Å². The van der Waals surface area contributed by atoms with Crippen LogP contribution in [0.3, 0.4) is 0 Å². The van der Waals surface area contributed by atoms with E-state index in [1.807, 2.05) is 4.90 Å². The molecular weight excluding hydrogens is 290 g/mol. The Labute approximate surface area is 137 Å². The maximum absolute atomic E-state index is 12.4. The molecule has 122 valence electrons. The van der Waals surface area contributed by atoms with Gasteiger partial charge in [0.05, 0.1) is 11.3 Å². The first kappa shape index (κ1) is 17.0. The van der Waals surface area contributed by atoms with Gasteiger partial charge in [0.25, 0.3) is 0 Å². The molecule has 5 nitrogen and oxygen atoms in total. The Kier molecular flexibility index (Phi) is 5.75. The van der Waals surface area contributed by atoms with Crippen LogP contribution >= 0.6 is 0 Å². The van der Waals surface area contributed by atoms with Crippen molar-refractivity contribution in [1.29, 1.82) is 5.26 Å². The van der Waals surface area contributed by atoms with Crippen LogP contribution in [0, 0.1) is 17.2 Å². The van der Waals surface area contributed by atoms with Gasteiger partial charge in [-0.2, -0.15) is 5.26 Å². The highest BCUT2D eigenvalue weighted by atomic mass is 16.2. The third-order valence-electron chi connectivity index (χ3n) is 4.25. The first-order valence-corrected chi connectivity index (χ1v) is 8.08. The van der Waals surface area contributed by atoms with Gasteiger partial charge in [0.15, 0.2) is 0 Å². The number of likely N-dealkylation sites (tertiary alicyclic amines) is 1. The zero-order valence-corrected chi connectivity index (χ0v) is 13.8. The molecule has 2 rings (SSSR count). The molecule has 0 bridgehead atoms. The molecule has 1 fully saturated rings. The second-order valence-electron chi connectivity index (χ2n) is 6.14. The van der Waals surface area contributed by atoms with Gasteiger partial charge in [0, 0.05) is 33.0 Å². The van der Waals surface area contributed by atoms with Crippen LogP contribution in [0.1, 0.15) is 38.7 Å². The molecule has 1 heterocycles. The summed E-state index contributed by atoms with van der Waals surface area (Å²) in [6.45, 7) is 5.52. The van der Waals surface area contributed by atoms with Crippen molar-refractivity contribution >= 4 is 17.5 Å². The molecule has 1 aromatic carbocycles. The van der Waals surface area contributed by atoms with Crippen LogP contribution in [0.25, 0.3) is 0 Å². The van der Waals surface area contributed by atoms with Crippen LogP contribution in [0.15, 0.2) is 24.3 Å². The summed E-state index contributed by atoms with van der Waals surface area (Å²) in [6.07, 6.45) is 2.49. The SMILES string of the molecule is CC(=O)N(CCC(=O)N1CCCC(C)C1)c1ccccc1C#N. The average Bonchev–Trinajstić information content (AvgIpc) is 2.55. The Hall–Kier alpha value is -2.35. The molecule has 0 N–H and O–H groups in total. The monoisotopic (exact) mass is 313 g/mol. The fraction of sp³-hybridized carbons (Fsp3) is 0.500. The standard InChI is InChI=1S/C18H23N3O2/c1-14-6-5-10-20(13-14)18(23)9-11-21(15(2)22)17-8-4-3-7-16(17)12-19/h3-4,7-8,14H,5-6,9-11,13H2,1-2H3. The number of amides is 2. The maximum atomic E-state index is 12.4. The second kappa shape index (κ2) is 7.77. The molecule has 0 saturated carbocycles. The van der Waals surface area contributed by atoms with Crippen LogP contribution in [0.5, 0.6) is 0 Å². The zero-order chi connectivity index (χ0) is 16.8. The summed E-state index contributed by atoms with van der Waals surface area (Å²) < 4.78 is 0. The molecule has 1 aliphatic heterocycles. The minimum atomic E-state index is -0.160. The van der Waals surface area contributed by atoms with Crippen LogP contribution in [0.4, 0.5) is 5.69 Å². The summed E-state index contributed by atoms with van der Waals surface area (Å²) in [7, 11) is 0. The number of hydrogen-bond acceptors (Lipinski definition) is 3. The summed E-state index contributed by atoms with van der Waals surface area (Å²) >= 11 is 0. The van der Waals surface area contributed by atoms with Gasteiger partial charge in [0.2, 0.25) is 11.8 Å². The molecule has 23 heavy (non-hydrogen) atoms. The Morgan fingerprint density at radius 3 is 2.78 bits per heavy atom. The van der Waals surface area contributed by atoms with Crippen molar-refractivity contribution in [3.63, 3.8) is 0 Å². The molecule has 0 spiro atoms. The van der Waals surface area contributed by atoms with Crippen molar-refractivity contribution in [2.24, 2.45) is 5.92 Å². The molecule has 1 aromatic rings. The van der Waals surface area contributed by atoms with Gasteiger partial charge < -0.3 is 9.80 Å². The predicted molar refractivity (Wildman–Crippen MR) is 88.8 cm³/mol. The van der Waals surface area contributed by atoms with Crippen molar-refractivity contribution in [2.75, 3.05) is 24.5 Å². The fourth-order valence-electron chi connectivity index (χ4n) is 3.03.